The summed E-state index contributed by atoms with van der Waals surface area (Å²) in [6, 6.07) is 13.2. The Kier molecular flexibility index (Phi) is 6.39. The van der Waals surface area contributed by atoms with E-state index in [2.05, 4.69) is 15.8 Å². The van der Waals surface area contributed by atoms with Crippen molar-refractivity contribution in [2.75, 3.05) is 26.6 Å². The van der Waals surface area contributed by atoms with E-state index >= 15 is 0 Å². The number of para-hydroxylation sites is 1. The largest absolute Gasteiger partial charge is 0.493 e. The average Bonchev–Trinajstić information content (AvgIpc) is 2.61. The molecule has 0 atom stereocenters. The first-order chi connectivity index (χ1) is 11.7. The lowest BCUT2D eigenvalue weighted by molar-refractivity contribution is 0.324. The van der Waals surface area contributed by atoms with E-state index in [1.165, 1.54) is 0 Å². The van der Waals surface area contributed by atoms with Crippen LogP contribution in [0.5, 0.6) is 17.2 Å². The molecule has 0 aliphatic heterocycles. The summed E-state index contributed by atoms with van der Waals surface area (Å²) in [5.41, 5.74) is 4.42. The number of methoxy groups -OCH3 is 3. The van der Waals surface area contributed by atoms with Gasteiger partial charge in [-0.05, 0) is 36.5 Å². The summed E-state index contributed by atoms with van der Waals surface area (Å²) in [4.78, 5) is 0. The Labute approximate surface area is 146 Å². The average molecular weight is 345 g/mol. The number of nitrogens with zero attached hydrogens (tertiary/aromatic N) is 1. The molecule has 0 aromatic heterocycles. The molecule has 6 nitrogen and oxygen atoms in total. The van der Waals surface area contributed by atoms with Gasteiger partial charge in [0.15, 0.2) is 16.6 Å². The van der Waals surface area contributed by atoms with Crippen LogP contribution in [0.2, 0.25) is 0 Å². The molecule has 0 fully saturated rings. The first-order valence-corrected chi connectivity index (χ1v) is 7.54. The van der Waals surface area contributed by atoms with E-state index in [9.17, 15) is 0 Å². The number of benzene rings is 2. The summed E-state index contributed by atoms with van der Waals surface area (Å²) in [5.74, 6) is 1.65. The number of hydrogen-bond donors (Lipinski definition) is 2. The Hall–Kier alpha value is -2.80. The summed E-state index contributed by atoms with van der Waals surface area (Å²) in [6.07, 6.45) is 1.61. The Morgan fingerprint density at radius 3 is 2.17 bits per heavy atom. The van der Waals surface area contributed by atoms with Crippen LogP contribution in [0.1, 0.15) is 5.56 Å². The van der Waals surface area contributed by atoms with Crippen LogP contribution in [0, 0.1) is 0 Å². The quantitative estimate of drug-likeness (QED) is 0.477. The lowest BCUT2D eigenvalue weighted by Crippen LogP contribution is -2.23. The summed E-state index contributed by atoms with van der Waals surface area (Å²) >= 11 is 5.18. The molecule has 0 heterocycles. The normalized spacial score (nSPS) is 10.3. The summed E-state index contributed by atoms with van der Waals surface area (Å²) in [7, 11) is 4.69. The van der Waals surface area contributed by atoms with Gasteiger partial charge >= 0.3 is 0 Å². The number of hydrogen-bond acceptors (Lipinski definition) is 5. The minimum Gasteiger partial charge on any atom is -0.493 e. The fraction of sp³-hybridized carbons (Fsp3) is 0.176. The smallest absolute Gasteiger partial charge is 0.203 e. The van der Waals surface area contributed by atoms with Crippen molar-refractivity contribution in [2.45, 2.75) is 0 Å². The van der Waals surface area contributed by atoms with Crippen LogP contribution in [-0.4, -0.2) is 32.7 Å². The first-order valence-electron chi connectivity index (χ1n) is 7.13. The fourth-order valence-corrected chi connectivity index (χ4v) is 2.19. The van der Waals surface area contributed by atoms with Gasteiger partial charge in [0.05, 0.1) is 27.5 Å². The number of thiocarbonyl (C=S) groups is 1. The van der Waals surface area contributed by atoms with Crippen LogP contribution in [0.25, 0.3) is 0 Å². The molecule has 7 heteroatoms. The van der Waals surface area contributed by atoms with E-state index in [0.717, 1.165) is 11.3 Å². The zero-order valence-corrected chi connectivity index (χ0v) is 14.5. The minimum atomic E-state index is 0.393. The van der Waals surface area contributed by atoms with Crippen LogP contribution in [0.3, 0.4) is 0 Å². The highest BCUT2D eigenvalue weighted by Crippen LogP contribution is 2.37. The predicted molar refractivity (Wildman–Crippen MR) is 99.5 cm³/mol. The fourth-order valence-electron chi connectivity index (χ4n) is 2.02. The Bertz CT molecular complexity index is 695. The topological polar surface area (TPSA) is 64.1 Å². The zero-order chi connectivity index (χ0) is 17.4. The summed E-state index contributed by atoms with van der Waals surface area (Å²) in [5, 5.41) is 7.54. The van der Waals surface area contributed by atoms with Gasteiger partial charge in [-0.3, -0.25) is 5.43 Å². The van der Waals surface area contributed by atoms with Gasteiger partial charge < -0.3 is 19.5 Å². The molecule has 0 bridgehead atoms. The van der Waals surface area contributed by atoms with E-state index in [-0.39, 0.29) is 0 Å². The molecule has 126 valence electrons. The lowest BCUT2D eigenvalue weighted by atomic mass is 10.2. The van der Waals surface area contributed by atoms with Gasteiger partial charge in [0, 0.05) is 11.3 Å². The van der Waals surface area contributed by atoms with Crippen LogP contribution in [-0.2, 0) is 0 Å². The van der Waals surface area contributed by atoms with E-state index in [1.807, 2.05) is 30.3 Å². The van der Waals surface area contributed by atoms with Gasteiger partial charge in [-0.15, -0.1) is 0 Å². The molecule has 2 aromatic rings. The Morgan fingerprint density at radius 2 is 1.62 bits per heavy atom. The number of hydrazone groups is 1. The highest BCUT2D eigenvalue weighted by atomic mass is 32.1. The number of anilines is 1. The molecule has 0 aliphatic carbocycles. The Morgan fingerprint density at radius 1 is 1.00 bits per heavy atom. The molecule has 0 aliphatic rings. The van der Waals surface area contributed by atoms with E-state index in [0.29, 0.717) is 22.4 Å². The molecule has 2 N–H and O–H groups in total. The molecular formula is C17H19N3O3S. The van der Waals surface area contributed by atoms with Gasteiger partial charge in [-0.1, -0.05) is 18.2 Å². The summed E-state index contributed by atoms with van der Waals surface area (Å²) in [6.45, 7) is 0. The molecule has 2 rings (SSSR count). The van der Waals surface area contributed by atoms with Crippen LogP contribution in [0.4, 0.5) is 5.69 Å². The molecule has 0 unspecified atom stereocenters. The van der Waals surface area contributed by atoms with E-state index < -0.39 is 0 Å². The molecular weight excluding hydrogens is 326 g/mol. The standard InChI is InChI=1S/C17H19N3O3S/c1-21-14-9-12(10-15(22-2)16(14)23-3)11-18-20-17(24)19-13-7-5-4-6-8-13/h4-11H,1-3H3,(H2,19,20,24)/b18-11+. The number of rotatable bonds is 6. The Balaban J connectivity index is 2.04. The van der Waals surface area contributed by atoms with Crippen molar-refractivity contribution in [3.8, 4) is 17.2 Å². The maximum absolute atomic E-state index is 5.30. The maximum Gasteiger partial charge on any atom is 0.203 e. The van der Waals surface area contributed by atoms with Gasteiger partial charge in [0.1, 0.15) is 0 Å². The van der Waals surface area contributed by atoms with E-state index in [1.54, 1.807) is 39.7 Å². The van der Waals surface area contributed by atoms with Gasteiger partial charge in [-0.2, -0.15) is 5.10 Å². The van der Waals surface area contributed by atoms with Crippen molar-refractivity contribution in [3.63, 3.8) is 0 Å². The van der Waals surface area contributed by atoms with Gasteiger partial charge in [0.25, 0.3) is 0 Å². The third-order valence-corrected chi connectivity index (χ3v) is 3.29. The minimum absolute atomic E-state index is 0.393. The molecule has 0 saturated heterocycles. The SMILES string of the molecule is COc1cc(/C=N/NC(=S)Nc2ccccc2)cc(OC)c1OC. The molecule has 0 saturated carbocycles. The number of ether oxygens (including phenoxy) is 3. The molecule has 0 radical (unpaired) electrons. The molecule has 24 heavy (non-hydrogen) atoms. The molecule has 2 aromatic carbocycles. The van der Waals surface area contributed by atoms with Crippen molar-refractivity contribution >= 4 is 29.2 Å². The van der Waals surface area contributed by atoms with Crippen molar-refractivity contribution in [2.24, 2.45) is 5.10 Å². The second-order valence-corrected chi connectivity index (χ2v) is 5.06. The number of nitrogens with one attached hydrogen (secondary N) is 2. The third kappa shape index (κ3) is 4.60. The van der Waals surface area contributed by atoms with Gasteiger partial charge in [-0.25, -0.2) is 0 Å². The van der Waals surface area contributed by atoms with Crippen molar-refractivity contribution < 1.29 is 14.2 Å². The van der Waals surface area contributed by atoms with Crippen molar-refractivity contribution in [3.05, 3.63) is 48.0 Å². The van der Waals surface area contributed by atoms with Crippen LogP contribution in [0.15, 0.2) is 47.6 Å². The first kappa shape index (κ1) is 17.6. The second kappa shape index (κ2) is 8.73. The monoisotopic (exact) mass is 345 g/mol. The highest BCUT2D eigenvalue weighted by Gasteiger charge is 2.12. The molecule has 0 amide bonds. The van der Waals surface area contributed by atoms with E-state index in [4.69, 9.17) is 26.4 Å². The van der Waals surface area contributed by atoms with Crippen LogP contribution >= 0.6 is 12.2 Å². The predicted octanol–water partition coefficient (Wildman–Crippen LogP) is 3.03. The van der Waals surface area contributed by atoms with Gasteiger partial charge in [0.2, 0.25) is 5.75 Å². The molecule has 0 spiro atoms. The van der Waals surface area contributed by atoms with Crippen LogP contribution < -0.4 is 25.0 Å². The summed E-state index contributed by atoms with van der Waals surface area (Å²) < 4.78 is 15.9. The highest BCUT2D eigenvalue weighted by molar-refractivity contribution is 7.80. The second-order valence-electron chi connectivity index (χ2n) is 4.65. The maximum atomic E-state index is 5.30. The third-order valence-electron chi connectivity index (χ3n) is 3.10. The lowest BCUT2D eigenvalue weighted by Gasteiger charge is -2.12. The van der Waals surface area contributed by atoms with Crippen molar-refractivity contribution in [1.82, 2.24) is 5.43 Å². The van der Waals surface area contributed by atoms with Crippen molar-refractivity contribution in [1.29, 1.82) is 0 Å². The zero-order valence-electron chi connectivity index (χ0n) is 13.7.